The Kier molecular flexibility index (Phi) is 3.99. The summed E-state index contributed by atoms with van der Waals surface area (Å²) < 4.78 is 23.8. The number of hydrogen-bond donors (Lipinski definition) is 0. The lowest BCUT2D eigenvalue weighted by molar-refractivity contribution is 0.0435. The van der Waals surface area contributed by atoms with E-state index < -0.39 is 11.8 Å². The summed E-state index contributed by atoms with van der Waals surface area (Å²) >= 11 is 3.17. The van der Waals surface area contributed by atoms with Gasteiger partial charge in [-0.2, -0.15) is 0 Å². The van der Waals surface area contributed by atoms with Gasteiger partial charge in [0.15, 0.2) is 6.61 Å². The average Bonchev–Trinajstić information content (AvgIpc) is 2.69. The minimum atomic E-state index is -0.639. The van der Waals surface area contributed by atoms with E-state index in [1.54, 1.807) is 13.8 Å². The monoisotopic (exact) mass is 327 g/mol. The Morgan fingerprint density at radius 2 is 2.21 bits per heavy atom. The molecule has 2 aromatic rings. The first-order chi connectivity index (χ1) is 8.97. The number of aromatic nitrogens is 1. The van der Waals surface area contributed by atoms with Gasteiger partial charge in [0.1, 0.15) is 11.6 Å². The van der Waals surface area contributed by atoms with Gasteiger partial charge in [-0.25, -0.2) is 14.2 Å². The summed E-state index contributed by atoms with van der Waals surface area (Å²) in [5.74, 6) is -0.147. The van der Waals surface area contributed by atoms with E-state index >= 15 is 0 Å². The van der Waals surface area contributed by atoms with Crippen molar-refractivity contribution in [3.05, 3.63) is 51.4 Å². The molecule has 1 aromatic carbocycles. The third-order valence-corrected chi connectivity index (χ3v) is 3.24. The number of aryl methyl sites for hydroxylation is 2. The number of esters is 1. The first kappa shape index (κ1) is 13.7. The zero-order valence-corrected chi connectivity index (χ0v) is 12.0. The minimum absolute atomic E-state index is 0.0868. The molecule has 1 heterocycles. The van der Waals surface area contributed by atoms with Crippen molar-refractivity contribution in [3.63, 3.8) is 0 Å². The lowest BCUT2D eigenvalue weighted by Gasteiger charge is -2.04. The highest BCUT2D eigenvalue weighted by atomic mass is 79.9. The molecule has 0 aliphatic heterocycles. The molecule has 0 N–H and O–H groups in total. The zero-order valence-electron chi connectivity index (χ0n) is 10.4. The van der Waals surface area contributed by atoms with Crippen molar-refractivity contribution in [2.75, 3.05) is 0 Å². The number of oxazole rings is 1. The van der Waals surface area contributed by atoms with E-state index in [4.69, 9.17) is 9.15 Å². The second-order valence-corrected chi connectivity index (χ2v) is 4.80. The van der Waals surface area contributed by atoms with Crippen LogP contribution in [0.1, 0.15) is 27.7 Å². The molecule has 0 bridgehead atoms. The molecule has 6 heteroatoms. The second-order valence-electron chi connectivity index (χ2n) is 3.95. The van der Waals surface area contributed by atoms with Gasteiger partial charge in [0.2, 0.25) is 5.89 Å². The van der Waals surface area contributed by atoms with Gasteiger partial charge in [0, 0.05) is 4.47 Å². The fourth-order valence-electron chi connectivity index (χ4n) is 1.46. The van der Waals surface area contributed by atoms with Crippen LogP contribution in [0.2, 0.25) is 0 Å². The molecule has 0 aliphatic carbocycles. The van der Waals surface area contributed by atoms with Crippen LogP contribution in [0, 0.1) is 19.7 Å². The molecule has 4 nitrogen and oxygen atoms in total. The molecular weight excluding hydrogens is 317 g/mol. The number of benzene rings is 1. The predicted molar refractivity (Wildman–Crippen MR) is 69.2 cm³/mol. The minimum Gasteiger partial charge on any atom is -0.452 e. The van der Waals surface area contributed by atoms with Gasteiger partial charge in [-0.3, -0.25) is 0 Å². The molecule has 0 radical (unpaired) electrons. The SMILES string of the molecule is Cc1nc(COC(=O)c2cc(F)ccc2Br)oc1C. The molecule has 100 valence electrons. The van der Waals surface area contributed by atoms with E-state index in [-0.39, 0.29) is 12.2 Å². The zero-order chi connectivity index (χ0) is 14.0. The van der Waals surface area contributed by atoms with Crippen LogP contribution >= 0.6 is 15.9 Å². The molecule has 1 aromatic heterocycles. The lowest BCUT2D eigenvalue weighted by Crippen LogP contribution is -2.06. The van der Waals surface area contributed by atoms with Crippen molar-refractivity contribution in [2.24, 2.45) is 0 Å². The van der Waals surface area contributed by atoms with E-state index in [9.17, 15) is 9.18 Å². The van der Waals surface area contributed by atoms with Crippen LogP contribution in [-0.2, 0) is 11.3 Å². The standard InChI is InChI=1S/C13H11BrFNO3/c1-7-8(2)19-12(16-7)6-18-13(17)10-5-9(15)3-4-11(10)14/h3-5H,6H2,1-2H3. The van der Waals surface area contributed by atoms with Gasteiger partial charge in [0.05, 0.1) is 11.3 Å². The Morgan fingerprint density at radius 1 is 1.47 bits per heavy atom. The Bertz CT molecular complexity index is 605. The molecule has 0 unspecified atom stereocenters. The fourth-order valence-corrected chi connectivity index (χ4v) is 1.87. The van der Waals surface area contributed by atoms with Crippen molar-refractivity contribution in [1.82, 2.24) is 4.98 Å². The Balaban J connectivity index is 2.07. The third-order valence-electron chi connectivity index (χ3n) is 2.55. The summed E-state index contributed by atoms with van der Waals surface area (Å²) in [5, 5.41) is 0. The molecule has 0 atom stereocenters. The summed E-state index contributed by atoms with van der Waals surface area (Å²) in [5.41, 5.74) is 0.873. The van der Waals surface area contributed by atoms with Crippen LogP contribution in [0.25, 0.3) is 0 Å². The highest BCUT2D eigenvalue weighted by Crippen LogP contribution is 2.19. The molecule has 0 saturated carbocycles. The van der Waals surface area contributed by atoms with Crippen molar-refractivity contribution in [1.29, 1.82) is 0 Å². The van der Waals surface area contributed by atoms with Gasteiger partial charge < -0.3 is 9.15 Å². The topological polar surface area (TPSA) is 52.3 Å². The number of carbonyl (C=O) groups is 1. The number of nitrogens with zero attached hydrogens (tertiary/aromatic N) is 1. The normalized spacial score (nSPS) is 10.5. The summed E-state index contributed by atoms with van der Waals surface area (Å²) in [6.07, 6.45) is 0. The molecule has 0 saturated heterocycles. The largest absolute Gasteiger partial charge is 0.452 e. The van der Waals surface area contributed by atoms with Crippen LogP contribution in [0.15, 0.2) is 27.1 Å². The number of halogens is 2. The van der Waals surface area contributed by atoms with E-state index in [0.29, 0.717) is 16.1 Å². The third kappa shape index (κ3) is 3.20. The van der Waals surface area contributed by atoms with Gasteiger partial charge in [-0.05, 0) is 48.0 Å². The number of carbonyl (C=O) groups excluding carboxylic acids is 1. The van der Waals surface area contributed by atoms with E-state index in [1.165, 1.54) is 12.1 Å². The van der Waals surface area contributed by atoms with Gasteiger partial charge in [0.25, 0.3) is 0 Å². The van der Waals surface area contributed by atoms with Gasteiger partial charge in [-0.15, -0.1) is 0 Å². The van der Waals surface area contributed by atoms with Crippen LogP contribution in [-0.4, -0.2) is 11.0 Å². The number of ether oxygens (including phenoxy) is 1. The first-order valence-corrected chi connectivity index (χ1v) is 6.31. The Labute approximate surface area is 117 Å². The highest BCUT2D eigenvalue weighted by Gasteiger charge is 2.14. The lowest BCUT2D eigenvalue weighted by atomic mass is 10.2. The smallest absolute Gasteiger partial charge is 0.339 e. The van der Waals surface area contributed by atoms with E-state index in [0.717, 1.165) is 11.8 Å². The predicted octanol–water partition coefficient (Wildman–Crippen LogP) is 3.55. The Morgan fingerprint density at radius 3 is 2.84 bits per heavy atom. The van der Waals surface area contributed by atoms with E-state index in [1.807, 2.05) is 0 Å². The number of hydrogen-bond acceptors (Lipinski definition) is 4. The van der Waals surface area contributed by atoms with Crippen molar-refractivity contribution < 1.29 is 18.3 Å². The van der Waals surface area contributed by atoms with Crippen LogP contribution < -0.4 is 0 Å². The summed E-state index contributed by atoms with van der Waals surface area (Å²) in [6, 6.07) is 3.81. The van der Waals surface area contributed by atoms with E-state index in [2.05, 4.69) is 20.9 Å². The highest BCUT2D eigenvalue weighted by molar-refractivity contribution is 9.10. The van der Waals surface area contributed by atoms with Crippen molar-refractivity contribution in [2.45, 2.75) is 20.5 Å². The molecule has 2 rings (SSSR count). The maximum atomic E-state index is 13.1. The van der Waals surface area contributed by atoms with Crippen LogP contribution in [0.3, 0.4) is 0 Å². The number of rotatable bonds is 3. The molecule has 0 amide bonds. The summed E-state index contributed by atoms with van der Waals surface area (Å²) in [4.78, 5) is 15.9. The Hall–Kier alpha value is -1.69. The maximum absolute atomic E-state index is 13.1. The molecule has 0 aliphatic rings. The van der Waals surface area contributed by atoms with Crippen molar-refractivity contribution in [3.8, 4) is 0 Å². The van der Waals surface area contributed by atoms with Gasteiger partial charge >= 0.3 is 5.97 Å². The average molecular weight is 328 g/mol. The summed E-state index contributed by atoms with van der Waals surface area (Å²) in [6.45, 7) is 3.49. The summed E-state index contributed by atoms with van der Waals surface area (Å²) in [7, 11) is 0. The van der Waals surface area contributed by atoms with Crippen molar-refractivity contribution >= 4 is 21.9 Å². The molecule has 0 fully saturated rings. The quantitative estimate of drug-likeness (QED) is 0.809. The van der Waals surface area contributed by atoms with Crippen LogP contribution in [0.5, 0.6) is 0 Å². The second kappa shape index (κ2) is 5.52. The maximum Gasteiger partial charge on any atom is 0.339 e. The van der Waals surface area contributed by atoms with Gasteiger partial charge in [-0.1, -0.05) is 0 Å². The molecule has 19 heavy (non-hydrogen) atoms. The molecule has 0 spiro atoms. The fraction of sp³-hybridized carbons (Fsp3) is 0.231. The van der Waals surface area contributed by atoms with Crippen LogP contribution in [0.4, 0.5) is 4.39 Å². The molecular formula is C13H11BrFNO3. The first-order valence-electron chi connectivity index (χ1n) is 5.52.